The monoisotopic (exact) mass is 373 g/mol. The third-order valence-corrected chi connectivity index (χ3v) is 5.38. The highest BCUT2D eigenvalue weighted by Gasteiger charge is 2.30. The quantitative estimate of drug-likeness (QED) is 0.860. The van der Waals surface area contributed by atoms with Gasteiger partial charge in [0.2, 0.25) is 11.8 Å². The molecule has 0 spiro atoms. The van der Waals surface area contributed by atoms with Crippen LogP contribution in [0.2, 0.25) is 0 Å². The van der Waals surface area contributed by atoms with Crippen LogP contribution in [0.4, 0.5) is 5.69 Å². The van der Waals surface area contributed by atoms with E-state index in [4.69, 9.17) is 4.74 Å². The fourth-order valence-electron chi connectivity index (χ4n) is 3.82. The molecule has 0 bridgehead atoms. The normalized spacial score (nSPS) is 21.3. The van der Waals surface area contributed by atoms with Crippen LogP contribution in [0.25, 0.3) is 0 Å². The molecule has 3 rings (SSSR count). The van der Waals surface area contributed by atoms with E-state index in [2.05, 4.69) is 30.1 Å². The molecule has 2 amide bonds. The highest BCUT2D eigenvalue weighted by Crippen LogP contribution is 2.21. The molecule has 148 valence electrons. The van der Waals surface area contributed by atoms with E-state index in [0.717, 1.165) is 25.1 Å². The second-order valence-electron chi connectivity index (χ2n) is 7.84. The number of carbonyl (C=O) groups is 2. The SMILES string of the molecule is CC(C)c1cccc(NC(=O)CN2CCCC(C(=O)N3CCOCC3)C2)c1. The summed E-state index contributed by atoms with van der Waals surface area (Å²) in [7, 11) is 0. The molecular formula is C21H31N3O3. The summed E-state index contributed by atoms with van der Waals surface area (Å²) >= 11 is 0. The minimum absolute atomic E-state index is 0.00563. The lowest BCUT2D eigenvalue weighted by molar-refractivity contribution is -0.141. The Hall–Kier alpha value is -1.92. The number of benzene rings is 1. The van der Waals surface area contributed by atoms with Gasteiger partial charge in [0.1, 0.15) is 0 Å². The lowest BCUT2D eigenvalue weighted by Crippen LogP contribution is -2.49. The minimum atomic E-state index is -0.0182. The zero-order valence-corrected chi connectivity index (χ0v) is 16.4. The van der Waals surface area contributed by atoms with Crippen molar-refractivity contribution in [2.75, 3.05) is 51.3 Å². The van der Waals surface area contributed by atoms with Gasteiger partial charge in [-0.3, -0.25) is 14.5 Å². The predicted octanol–water partition coefficient (Wildman–Crippen LogP) is 2.32. The molecule has 0 radical (unpaired) electrons. The Labute approximate surface area is 161 Å². The molecule has 2 aliphatic heterocycles. The summed E-state index contributed by atoms with van der Waals surface area (Å²) in [4.78, 5) is 29.2. The molecular weight excluding hydrogens is 342 g/mol. The molecule has 1 unspecified atom stereocenters. The summed E-state index contributed by atoms with van der Waals surface area (Å²) in [6.45, 7) is 8.76. The van der Waals surface area contributed by atoms with Gasteiger partial charge in [-0.05, 0) is 43.0 Å². The molecule has 0 aliphatic carbocycles. The topological polar surface area (TPSA) is 61.9 Å². The number of anilines is 1. The molecule has 2 fully saturated rings. The number of nitrogens with zero attached hydrogens (tertiary/aromatic N) is 2. The number of hydrogen-bond acceptors (Lipinski definition) is 4. The number of rotatable bonds is 5. The van der Waals surface area contributed by atoms with Crippen LogP contribution in [0.1, 0.15) is 38.2 Å². The Balaban J connectivity index is 1.51. The van der Waals surface area contributed by atoms with Gasteiger partial charge in [0, 0.05) is 25.3 Å². The Morgan fingerprint density at radius 1 is 1.22 bits per heavy atom. The Kier molecular flexibility index (Phi) is 6.85. The minimum Gasteiger partial charge on any atom is -0.378 e. The van der Waals surface area contributed by atoms with Crippen molar-refractivity contribution in [2.24, 2.45) is 5.92 Å². The fourth-order valence-corrected chi connectivity index (χ4v) is 3.82. The van der Waals surface area contributed by atoms with Gasteiger partial charge in [-0.25, -0.2) is 0 Å². The first kappa shape index (κ1) is 19.8. The number of nitrogens with one attached hydrogen (secondary N) is 1. The van der Waals surface area contributed by atoms with Gasteiger partial charge < -0.3 is 15.0 Å². The van der Waals surface area contributed by atoms with E-state index in [9.17, 15) is 9.59 Å². The molecule has 2 heterocycles. The average molecular weight is 373 g/mol. The zero-order valence-electron chi connectivity index (χ0n) is 16.4. The number of piperidine rings is 1. The number of morpholine rings is 1. The molecule has 6 nitrogen and oxygen atoms in total. The van der Waals surface area contributed by atoms with Crippen molar-refractivity contribution in [3.05, 3.63) is 29.8 Å². The van der Waals surface area contributed by atoms with Gasteiger partial charge in [-0.15, -0.1) is 0 Å². The first-order valence-electron chi connectivity index (χ1n) is 10.0. The number of carbonyl (C=O) groups excluding carboxylic acids is 2. The van der Waals surface area contributed by atoms with Gasteiger partial charge in [0.15, 0.2) is 0 Å². The van der Waals surface area contributed by atoms with Crippen molar-refractivity contribution in [2.45, 2.75) is 32.6 Å². The molecule has 1 aromatic rings. The van der Waals surface area contributed by atoms with Gasteiger partial charge in [-0.2, -0.15) is 0 Å². The van der Waals surface area contributed by atoms with Crippen molar-refractivity contribution in [1.29, 1.82) is 0 Å². The number of ether oxygens (including phenoxy) is 1. The molecule has 1 aromatic carbocycles. The van der Waals surface area contributed by atoms with E-state index < -0.39 is 0 Å². The first-order valence-corrected chi connectivity index (χ1v) is 10.0. The molecule has 27 heavy (non-hydrogen) atoms. The maximum atomic E-state index is 12.7. The summed E-state index contributed by atoms with van der Waals surface area (Å²) < 4.78 is 5.33. The molecule has 0 saturated carbocycles. The smallest absolute Gasteiger partial charge is 0.238 e. The summed E-state index contributed by atoms with van der Waals surface area (Å²) in [6.07, 6.45) is 1.86. The van der Waals surface area contributed by atoms with Gasteiger partial charge >= 0.3 is 0 Å². The van der Waals surface area contributed by atoms with Gasteiger partial charge in [0.25, 0.3) is 0 Å². The highest BCUT2D eigenvalue weighted by molar-refractivity contribution is 5.92. The van der Waals surface area contributed by atoms with Crippen LogP contribution in [-0.2, 0) is 14.3 Å². The zero-order chi connectivity index (χ0) is 19.2. The lowest BCUT2D eigenvalue weighted by atomic mass is 9.96. The van der Waals surface area contributed by atoms with Crippen molar-refractivity contribution >= 4 is 17.5 Å². The standard InChI is InChI=1S/C21H31N3O3/c1-16(2)17-5-3-7-19(13-17)22-20(25)15-23-8-4-6-18(14-23)21(26)24-9-11-27-12-10-24/h3,5,7,13,16,18H,4,6,8-12,14-15H2,1-2H3,(H,22,25). The fraction of sp³-hybridized carbons (Fsp3) is 0.619. The number of hydrogen-bond donors (Lipinski definition) is 1. The van der Waals surface area contributed by atoms with Gasteiger partial charge in [0.05, 0.1) is 25.7 Å². The first-order chi connectivity index (χ1) is 13.0. The summed E-state index contributed by atoms with van der Waals surface area (Å²) in [5.41, 5.74) is 2.05. The second kappa shape index (κ2) is 9.33. The second-order valence-corrected chi connectivity index (χ2v) is 7.84. The highest BCUT2D eigenvalue weighted by atomic mass is 16.5. The largest absolute Gasteiger partial charge is 0.378 e. The van der Waals surface area contributed by atoms with Crippen LogP contribution in [-0.4, -0.2) is 67.6 Å². The summed E-state index contributed by atoms with van der Waals surface area (Å²) in [5.74, 6) is 0.619. The van der Waals surface area contributed by atoms with Crippen LogP contribution in [0.5, 0.6) is 0 Å². The molecule has 2 saturated heterocycles. The summed E-state index contributed by atoms with van der Waals surface area (Å²) in [6, 6.07) is 8.00. The molecule has 2 aliphatic rings. The molecule has 1 atom stereocenters. The van der Waals surface area contributed by atoms with Crippen LogP contribution in [0.15, 0.2) is 24.3 Å². The van der Waals surface area contributed by atoms with Crippen LogP contribution in [0.3, 0.4) is 0 Å². The van der Waals surface area contributed by atoms with Crippen LogP contribution in [0, 0.1) is 5.92 Å². The lowest BCUT2D eigenvalue weighted by Gasteiger charge is -2.35. The molecule has 0 aromatic heterocycles. The van der Waals surface area contributed by atoms with Crippen molar-refractivity contribution in [1.82, 2.24) is 9.80 Å². The van der Waals surface area contributed by atoms with Crippen LogP contribution >= 0.6 is 0 Å². The number of likely N-dealkylation sites (tertiary alicyclic amines) is 1. The van der Waals surface area contributed by atoms with E-state index in [1.807, 2.05) is 23.1 Å². The van der Waals surface area contributed by atoms with E-state index in [0.29, 0.717) is 45.3 Å². The van der Waals surface area contributed by atoms with Crippen molar-refractivity contribution in [3.63, 3.8) is 0 Å². The Bertz CT molecular complexity index is 656. The van der Waals surface area contributed by atoms with E-state index >= 15 is 0 Å². The maximum Gasteiger partial charge on any atom is 0.238 e. The average Bonchev–Trinajstić information content (AvgIpc) is 2.68. The van der Waals surface area contributed by atoms with E-state index in [1.54, 1.807) is 0 Å². The third kappa shape index (κ3) is 5.53. The predicted molar refractivity (Wildman–Crippen MR) is 106 cm³/mol. The van der Waals surface area contributed by atoms with Crippen molar-refractivity contribution < 1.29 is 14.3 Å². The van der Waals surface area contributed by atoms with E-state index in [1.165, 1.54) is 5.56 Å². The molecule has 6 heteroatoms. The van der Waals surface area contributed by atoms with Crippen LogP contribution < -0.4 is 5.32 Å². The van der Waals surface area contributed by atoms with Gasteiger partial charge in [-0.1, -0.05) is 26.0 Å². The maximum absolute atomic E-state index is 12.7. The van der Waals surface area contributed by atoms with Crippen molar-refractivity contribution in [3.8, 4) is 0 Å². The molecule has 1 N–H and O–H groups in total. The number of amides is 2. The Morgan fingerprint density at radius 3 is 2.74 bits per heavy atom. The Morgan fingerprint density at radius 2 is 2.00 bits per heavy atom. The third-order valence-electron chi connectivity index (χ3n) is 5.38. The van der Waals surface area contributed by atoms with E-state index in [-0.39, 0.29) is 17.7 Å². The summed E-state index contributed by atoms with van der Waals surface area (Å²) in [5, 5.41) is 3.00.